The summed E-state index contributed by atoms with van der Waals surface area (Å²) in [4.78, 5) is 24.6. The van der Waals surface area contributed by atoms with Crippen molar-refractivity contribution in [3.8, 4) is 0 Å². The Morgan fingerprint density at radius 3 is 2.55 bits per heavy atom. The molecule has 0 aromatic heterocycles. The van der Waals surface area contributed by atoms with Gasteiger partial charge in [0.05, 0.1) is 15.8 Å². The Labute approximate surface area is 186 Å². The van der Waals surface area contributed by atoms with E-state index in [4.69, 9.17) is 34.8 Å². The molecule has 2 amide bonds. The SMILES string of the molecule is C/C(=N\N=C1/NC(=O)CC(C(=O)Nc2ccc(Cl)c(Cl)c2)S1)c1ccc(Cl)cc1. The number of halogens is 3. The highest BCUT2D eigenvalue weighted by atomic mass is 35.5. The summed E-state index contributed by atoms with van der Waals surface area (Å²) in [7, 11) is 0. The van der Waals surface area contributed by atoms with Crippen molar-refractivity contribution in [3.05, 3.63) is 63.1 Å². The van der Waals surface area contributed by atoms with E-state index in [2.05, 4.69) is 20.8 Å². The van der Waals surface area contributed by atoms with E-state index in [1.165, 1.54) is 0 Å². The minimum atomic E-state index is -0.650. The second-order valence-electron chi connectivity index (χ2n) is 6.07. The third-order valence-corrected chi connectivity index (χ3v) is 5.97. The lowest BCUT2D eigenvalue weighted by atomic mass is 10.1. The normalized spacial score (nSPS) is 18.5. The first-order valence-electron chi connectivity index (χ1n) is 8.42. The predicted molar refractivity (Wildman–Crippen MR) is 120 cm³/mol. The van der Waals surface area contributed by atoms with Gasteiger partial charge in [-0.15, -0.1) is 5.10 Å². The Hall–Kier alpha value is -2.06. The number of nitrogens with zero attached hydrogens (tertiary/aromatic N) is 2. The average molecular weight is 470 g/mol. The standard InChI is InChI=1S/C19H15Cl3N4O2S/c1-10(11-2-4-12(20)5-3-11)25-26-19-24-17(27)9-16(29-19)18(28)23-13-6-7-14(21)15(22)8-13/h2-8,16H,9H2,1H3,(H,23,28)(H,24,26,27)/b25-10+. The van der Waals surface area contributed by atoms with Crippen molar-refractivity contribution in [1.29, 1.82) is 0 Å². The Morgan fingerprint density at radius 2 is 1.86 bits per heavy atom. The fraction of sp³-hybridized carbons (Fsp3) is 0.158. The van der Waals surface area contributed by atoms with Gasteiger partial charge in [-0.3, -0.25) is 9.59 Å². The smallest absolute Gasteiger partial charge is 0.238 e. The number of amidine groups is 1. The van der Waals surface area contributed by atoms with Crippen LogP contribution in [0.1, 0.15) is 18.9 Å². The summed E-state index contributed by atoms with van der Waals surface area (Å²) >= 11 is 18.9. The van der Waals surface area contributed by atoms with Crippen LogP contribution in [-0.2, 0) is 9.59 Å². The van der Waals surface area contributed by atoms with Gasteiger partial charge in [-0.05, 0) is 42.8 Å². The van der Waals surface area contributed by atoms with Crippen molar-refractivity contribution in [2.75, 3.05) is 5.32 Å². The van der Waals surface area contributed by atoms with Crippen LogP contribution in [0.5, 0.6) is 0 Å². The molecule has 0 bridgehead atoms. The molecule has 1 fully saturated rings. The van der Waals surface area contributed by atoms with Crippen molar-refractivity contribution in [3.63, 3.8) is 0 Å². The van der Waals surface area contributed by atoms with Crippen molar-refractivity contribution in [2.45, 2.75) is 18.6 Å². The number of amides is 2. The number of thioether (sulfide) groups is 1. The summed E-state index contributed by atoms with van der Waals surface area (Å²) in [6.45, 7) is 1.79. The van der Waals surface area contributed by atoms with E-state index in [1.807, 2.05) is 12.1 Å². The molecule has 0 radical (unpaired) electrons. The van der Waals surface area contributed by atoms with E-state index in [0.29, 0.717) is 26.5 Å². The van der Waals surface area contributed by atoms with Gasteiger partial charge in [0.2, 0.25) is 11.8 Å². The summed E-state index contributed by atoms with van der Waals surface area (Å²) in [5, 5.41) is 14.5. The minimum absolute atomic E-state index is 0.0245. The number of benzene rings is 2. The van der Waals surface area contributed by atoms with Gasteiger partial charge < -0.3 is 10.6 Å². The molecular formula is C19H15Cl3N4O2S. The maximum Gasteiger partial charge on any atom is 0.238 e. The molecule has 0 spiro atoms. The molecule has 10 heteroatoms. The zero-order valence-electron chi connectivity index (χ0n) is 15.1. The first-order valence-corrected chi connectivity index (χ1v) is 10.4. The number of carbonyl (C=O) groups excluding carboxylic acids is 2. The van der Waals surface area contributed by atoms with Crippen LogP contribution in [-0.4, -0.2) is 27.9 Å². The van der Waals surface area contributed by atoms with Gasteiger partial charge in [0.1, 0.15) is 5.25 Å². The third-order valence-electron chi connectivity index (χ3n) is 3.90. The van der Waals surface area contributed by atoms with Gasteiger partial charge in [-0.25, -0.2) is 0 Å². The molecule has 2 aromatic carbocycles. The van der Waals surface area contributed by atoms with Crippen molar-refractivity contribution < 1.29 is 9.59 Å². The highest BCUT2D eigenvalue weighted by molar-refractivity contribution is 8.15. The Morgan fingerprint density at radius 1 is 1.14 bits per heavy atom. The average Bonchev–Trinajstić information content (AvgIpc) is 2.69. The maximum atomic E-state index is 12.6. The molecule has 29 heavy (non-hydrogen) atoms. The van der Waals surface area contributed by atoms with Crippen LogP contribution >= 0.6 is 46.6 Å². The van der Waals surface area contributed by atoms with Crippen molar-refractivity contribution in [2.24, 2.45) is 10.2 Å². The lowest BCUT2D eigenvalue weighted by molar-refractivity contribution is -0.123. The number of rotatable bonds is 4. The lowest BCUT2D eigenvalue weighted by Gasteiger charge is -2.21. The fourth-order valence-electron chi connectivity index (χ4n) is 2.41. The van der Waals surface area contributed by atoms with Crippen LogP contribution in [0, 0.1) is 0 Å². The van der Waals surface area contributed by atoms with Crippen LogP contribution in [0.15, 0.2) is 52.7 Å². The van der Waals surface area contributed by atoms with Gasteiger partial charge in [-0.2, -0.15) is 5.10 Å². The molecule has 6 nitrogen and oxygen atoms in total. The van der Waals surface area contributed by atoms with Crippen LogP contribution in [0.4, 0.5) is 5.69 Å². The largest absolute Gasteiger partial charge is 0.325 e. The zero-order valence-corrected chi connectivity index (χ0v) is 18.2. The van der Waals surface area contributed by atoms with Crippen molar-refractivity contribution in [1.82, 2.24) is 5.32 Å². The lowest BCUT2D eigenvalue weighted by Crippen LogP contribution is -2.41. The molecule has 150 valence electrons. The third kappa shape index (κ3) is 5.96. The first-order chi connectivity index (χ1) is 13.8. The van der Waals surface area contributed by atoms with Crippen LogP contribution in [0.25, 0.3) is 0 Å². The minimum Gasteiger partial charge on any atom is -0.325 e. The quantitative estimate of drug-likeness (QED) is 0.489. The predicted octanol–water partition coefficient (Wildman–Crippen LogP) is 4.99. The Kier molecular flexibility index (Phi) is 7.18. The monoisotopic (exact) mass is 468 g/mol. The van der Waals surface area contributed by atoms with Gasteiger partial charge in [-0.1, -0.05) is 58.7 Å². The molecule has 2 aromatic rings. The number of carbonyl (C=O) groups is 2. The number of hydrogen-bond acceptors (Lipinski definition) is 5. The van der Waals surface area contributed by atoms with Crippen LogP contribution in [0.2, 0.25) is 15.1 Å². The van der Waals surface area contributed by atoms with E-state index in [0.717, 1.165) is 17.3 Å². The highest BCUT2D eigenvalue weighted by Gasteiger charge is 2.30. The molecular weight excluding hydrogens is 455 g/mol. The summed E-state index contributed by atoms with van der Waals surface area (Å²) in [5.41, 5.74) is 1.98. The topological polar surface area (TPSA) is 82.9 Å². The van der Waals surface area contributed by atoms with E-state index in [9.17, 15) is 9.59 Å². The van der Waals surface area contributed by atoms with Gasteiger partial charge >= 0.3 is 0 Å². The molecule has 1 aliphatic heterocycles. The molecule has 1 heterocycles. The number of anilines is 1. The second kappa shape index (κ2) is 9.63. The molecule has 1 atom stereocenters. The van der Waals surface area contributed by atoms with Crippen LogP contribution in [0.3, 0.4) is 0 Å². The zero-order chi connectivity index (χ0) is 21.0. The molecule has 1 saturated heterocycles. The molecule has 1 unspecified atom stereocenters. The summed E-state index contributed by atoms with van der Waals surface area (Å²) in [6.07, 6.45) is 0.0245. The molecule has 0 aliphatic carbocycles. The van der Waals surface area contributed by atoms with E-state index >= 15 is 0 Å². The van der Waals surface area contributed by atoms with E-state index < -0.39 is 5.25 Å². The van der Waals surface area contributed by atoms with E-state index in [-0.39, 0.29) is 23.4 Å². The second-order valence-corrected chi connectivity index (χ2v) is 8.52. The maximum absolute atomic E-state index is 12.6. The Bertz CT molecular complexity index is 1010. The first kappa shape index (κ1) is 21.6. The summed E-state index contributed by atoms with van der Waals surface area (Å²) in [6, 6.07) is 11.9. The van der Waals surface area contributed by atoms with Crippen LogP contribution < -0.4 is 10.6 Å². The molecule has 2 N–H and O–H groups in total. The van der Waals surface area contributed by atoms with Gasteiger partial charge in [0, 0.05) is 17.1 Å². The number of nitrogens with one attached hydrogen (secondary N) is 2. The van der Waals surface area contributed by atoms with Gasteiger partial charge in [0.15, 0.2) is 5.17 Å². The Balaban J connectivity index is 1.70. The molecule has 1 aliphatic rings. The van der Waals surface area contributed by atoms with Crippen molar-refractivity contribution >= 4 is 74.9 Å². The number of hydrogen-bond donors (Lipinski definition) is 2. The van der Waals surface area contributed by atoms with Gasteiger partial charge in [0.25, 0.3) is 0 Å². The molecule has 3 rings (SSSR count). The summed E-state index contributed by atoms with van der Waals surface area (Å²) in [5.74, 6) is -0.648. The van der Waals surface area contributed by atoms with E-state index in [1.54, 1.807) is 37.3 Å². The summed E-state index contributed by atoms with van der Waals surface area (Å²) < 4.78 is 0. The molecule has 0 saturated carbocycles. The highest BCUT2D eigenvalue weighted by Crippen LogP contribution is 2.27. The fourth-order valence-corrected chi connectivity index (χ4v) is 3.76.